The normalized spacial score (nSPS) is 12.5. The zero-order chi connectivity index (χ0) is 57.1. The summed E-state index contributed by atoms with van der Waals surface area (Å²) in [5.41, 5.74) is 0. The molecule has 0 aliphatic rings. The summed E-state index contributed by atoms with van der Waals surface area (Å²) in [4.78, 5) is 38.2. The third-order valence-electron chi connectivity index (χ3n) is 15.2. The average molecular weight is 1100 g/mol. The Balaban J connectivity index is 4.04. The van der Waals surface area contributed by atoms with Crippen molar-refractivity contribution in [3.05, 3.63) is 72.9 Å². The third-order valence-corrected chi connectivity index (χ3v) is 15.2. The zero-order valence-corrected chi connectivity index (χ0v) is 52.6. The summed E-state index contributed by atoms with van der Waals surface area (Å²) < 4.78 is 16.8. The summed E-state index contributed by atoms with van der Waals surface area (Å²) in [6.45, 7) is 6.40. The Labute approximate surface area is 491 Å². The van der Waals surface area contributed by atoms with Crippen LogP contribution in [0.15, 0.2) is 72.9 Å². The predicted molar refractivity (Wildman–Crippen MR) is 344 cm³/mol. The van der Waals surface area contributed by atoms with Crippen molar-refractivity contribution < 1.29 is 28.6 Å². The molecule has 6 heteroatoms. The van der Waals surface area contributed by atoms with Gasteiger partial charge in [0.05, 0.1) is 0 Å². The molecule has 0 aromatic carbocycles. The van der Waals surface area contributed by atoms with Crippen LogP contribution in [0.4, 0.5) is 0 Å². The molecule has 1 atom stereocenters. The van der Waals surface area contributed by atoms with Crippen LogP contribution in [0.3, 0.4) is 0 Å². The highest BCUT2D eigenvalue weighted by Crippen LogP contribution is 2.18. The lowest BCUT2D eigenvalue weighted by molar-refractivity contribution is -0.167. The average Bonchev–Trinajstić information content (AvgIpc) is 3.45. The summed E-state index contributed by atoms with van der Waals surface area (Å²) in [7, 11) is 0. The van der Waals surface area contributed by atoms with E-state index in [1.165, 1.54) is 205 Å². The van der Waals surface area contributed by atoms with Crippen LogP contribution in [0.1, 0.15) is 355 Å². The van der Waals surface area contributed by atoms with Gasteiger partial charge in [-0.3, -0.25) is 14.4 Å². The molecule has 0 amide bonds. The predicted octanol–water partition coefficient (Wildman–Crippen LogP) is 23.7. The number of unbranched alkanes of at least 4 members (excludes halogenated alkanes) is 40. The van der Waals surface area contributed by atoms with Gasteiger partial charge in [0.2, 0.25) is 0 Å². The van der Waals surface area contributed by atoms with Gasteiger partial charge in [0, 0.05) is 19.3 Å². The molecule has 458 valence electrons. The minimum Gasteiger partial charge on any atom is -0.462 e. The molecule has 1 unspecified atom stereocenters. The first-order valence-electron chi connectivity index (χ1n) is 34.4. The van der Waals surface area contributed by atoms with Crippen LogP contribution in [-0.2, 0) is 28.6 Å². The van der Waals surface area contributed by atoms with E-state index in [1.807, 2.05) is 0 Å². The van der Waals surface area contributed by atoms with Crippen molar-refractivity contribution in [2.75, 3.05) is 13.2 Å². The van der Waals surface area contributed by atoms with Gasteiger partial charge >= 0.3 is 17.9 Å². The van der Waals surface area contributed by atoms with E-state index in [0.717, 1.165) is 109 Å². The molecule has 0 spiro atoms. The van der Waals surface area contributed by atoms with Gasteiger partial charge in [-0.1, -0.05) is 325 Å². The van der Waals surface area contributed by atoms with Crippen molar-refractivity contribution >= 4 is 17.9 Å². The van der Waals surface area contributed by atoms with Crippen molar-refractivity contribution in [2.45, 2.75) is 361 Å². The quantitative estimate of drug-likeness (QED) is 0.0261. The molecule has 0 aromatic rings. The zero-order valence-electron chi connectivity index (χ0n) is 52.6. The fraction of sp³-hybridized carbons (Fsp3) is 0.795. The van der Waals surface area contributed by atoms with Crippen LogP contribution in [0.5, 0.6) is 0 Å². The lowest BCUT2D eigenvalue weighted by Crippen LogP contribution is -2.30. The first kappa shape index (κ1) is 75.8. The van der Waals surface area contributed by atoms with Gasteiger partial charge in [0.25, 0.3) is 0 Å². The third kappa shape index (κ3) is 65.5. The first-order valence-corrected chi connectivity index (χ1v) is 34.4. The molecule has 0 radical (unpaired) electrons. The standard InChI is InChI=1S/C73H130O6/c1-4-7-10-13-16-19-22-25-26-27-28-29-30-31-32-33-34-35-36-37-38-39-40-41-42-43-44-45-46-49-51-54-57-60-63-66-72(75)78-69-70(79-73(76)67-64-61-58-55-52-48-24-21-18-15-12-9-6-3)68-77-71(74)65-62-59-56-53-50-47-23-20-17-14-11-8-5-2/h8-9,11-12,17-18,20-21,47-48,50,52,70H,4-7,10,13-16,19,22-46,49,51,53-69H2,1-3H3/b11-8-,12-9-,20-17-,21-18-,50-47-,52-48-. The monoisotopic (exact) mass is 1100 g/mol. The van der Waals surface area contributed by atoms with Crippen molar-refractivity contribution in [1.29, 1.82) is 0 Å². The molecule has 0 N–H and O–H groups in total. The second-order valence-corrected chi connectivity index (χ2v) is 23.0. The summed E-state index contributed by atoms with van der Waals surface area (Å²) in [5.74, 6) is -0.943. The Morgan fingerprint density at radius 3 is 0.772 bits per heavy atom. The Kier molecular flexibility index (Phi) is 64.7. The van der Waals surface area contributed by atoms with Gasteiger partial charge in [-0.05, 0) is 83.5 Å². The fourth-order valence-corrected chi connectivity index (χ4v) is 10.1. The maximum absolute atomic E-state index is 12.8. The summed E-state index contributed by atoms with van der Waals surface area (Å²) in [6, 6.07) is 0. The van der Waals surface area contributed by atoms with Gasteiger partial charge in [-0.15, -0.1) is 0 Å². The molecule has 0 heterocycles. The number of carbonyl (C=O) groups is 3. The SMILES string of the molecule is CC/C=C\C/C=C\C/C=C\CCCCCC(=O)OCC(COC(=O)CCCCCCCCCCCCCCCCCCCCCCCCCCCCCCCCCCCCC)OC(=O)CCCCC/C=C\C/C=C\C/C=C\CC. The number of carbonyl (C=O) groups excluding carboxylic acids is 3. The molecule has 0 saturated carbocycles. The Morgan fingerprint density at radius 1 is 0.266 bits per heavy atom. The molecular formula is C73H130O6. The fourth-order valence-electron chi connectivity index (χ4n) is 10.1. The maximum atomic E-state index is 12.8. The van der Waals surface area contributed by atoms with E-state index in [1.54, 1.807) is 0 Å². The van der Waals surface area contributed by atoms with Crippen LogP contribution in [0.2, 0.25) is 0 Å². The lowest BCUT2D eigenvalue weighted by atomic mass is 10.0. The molecular weight excluding hydrogens is 973 g/mol. The topological polar surface area (TPSA) is 78.9 Å². The molecule has 0 rings (SSSR count). The summed E-state index contributed by atoms with van der Waals surface area (Å²) in [5, 5.41) is 0. The van der Waals surface area contributed by atoms with Crippen molar-refractivity contribution in [3.8, 4) is 0 Å². The largest absolute Gasteiger partial charge is 0.462 e. The number of rotatable bonds is 63. The molecule has 0 aliphatic heterocycles. The van der Waals surface area contributed by atoms with Crippen LogP contribution < -0.4 is 0 Å². The van der Waals surface area contributed by atoms with Crippen LogP contribution in [0, 0.1) is 0 Å². The summed E-state index contributed by atoms with van der Waals surface area (Å²) in [6.07, 6.45) is 88.3. The smallest absolute Gasteiger partial charge is 0.306 e. The highest BCUT2D eigenvalue weighted by Gasteiger charge is 2.19. The molecule has 0 aromatic heterocycles. The van der Waals surface area contributed by atoms with Crippen LogP contribution in [-0.4, -0.2) is 37.2 Å². The van der Waals surface area contributed by atoms with E-state index >= 15 is 0 Å². The molecule has 0 bridgehead atoms. The van der Waals surface area contributed by atoms with E-state index in [-0.39, 0.29) is 37.5 Å². The second kappa shape index (κ2) is 67.4. The Bertz CT molecular complexity index is 1450. The van der Waals surface area contributed by atoms with E-state index in [9.17, 15) is 14.4 Å². The Morgan fingerprint density at radius 2 is 0.494 bits per heavy atom. The molecule has 0 fully saturated rings. The Hall–Kier alpha value is -3.15. The van der Waals surface area contributed by atoms with Crippen LogP contribution in [0.25, 0.3) is 0 Å². The van der Waals surface area contributed by atoms with E-state index < -0.39 is 6.10 Å². The van der Waals surface area contributed by atoms with E-state index in [0.29, 0.717) is 12.8 Å². The van der Waals surface area contributed by atoms with Gasteiger partial charge < -0.3 is 14.2 Å². The van der Waals surface area contributed by atoms with E-state index in [2.05, 4.69) is 93.7 Å². The summed E-state index contributed by atoms with van der Waals surface area (Å²) >= 11 is 0. The molecule has 6 nitrogen and oxygen atoms in total. The second-order valence-electron chi connectivity index (χ2n) is 23.0. The van der Waals surface area contributed by atoms with Gasteiger partial charge in [-0.25, -0.2) is 0 Å². The van der Waals surface area contributed by atoms with Crippen LogP contribution >= 0.6 is 0 Å². The molecule has 79 heavy (non-hydrogen) atoms. The lowest BCUT2D eigenvalue weighted by Gasteiger charge is -2.18. The molecule has 0 aliphatic carbocycles. The minimum absolute atomic E-state index is 0.0946. The number of esters is 3. The van der Waals surface area contributed by atoms with Crippen molar-refractivity contribution in [2.24, 2.45) is 0 Å². The van der Waals surface area contributed by atoms with Gasteiger partial charge in [0.1, 0.15) is 13.2 Å². The number of ether oxygens (including phenoxy) is 3. The van der Waals surface area contributed by atoms with E-state index in [4.69, 9.17) is 14.2 Å². The first-order chi connectivity index (χ1) is 39.0. The maximum Gasteiger partial charge on any atom is 0.306 e. The highest BCUT2D eigenvalue weighted by molar-refractivity contribution is 5.71. The number of hydrogen-bond acceptors (Lipinski definition) is 6. The van der Waals surface area contributed by atoms with Crippen molar-refractivity contribution in [1.82, 2.24) is 0 Å². The molecule has 0 saturated heterocycles. The minimum atomic E-state index is -0.802. The highest BCUT2D eigenvalue weighted by atomic mass is 16.6. The number of allylic oxidation sites excluding steroid dienone is 12. The van der Waals surface area contributed by atoms with Gasteiger partial charge in [0.15, 0.2) is 6.10 Å². The number of hydrogen-bond donors (Lipinski definition) is 0. The van der Waals surface area contributed by atoms with Gasteiger partial charge in [-0.2, -0.15) is 0 Å². The van der Waals surface area contributed by atoms with Crippen molar-refractivity contribution in [3.63, 3.8) is 0 Å².